The molecular weight excluding hydrogens is 248 g/mol. The minimum Gasteiger partial charge on any atom is -0.483 e. The van der Waals surface area contributed by atoms with Crippen molar-refractivity contribution in [1.82, 2.24) is 10.8 Å². The van der Waals surface area contributed by atoms with Crippen LogP contribution in [0.3, 0.4) is 0 Å². The van der Waals surface area contributed by atoms with Crippen LogP contribution in [0, 0.1) is 13.8 Å². The van der Waals surface area contributed by atoms with Crippen molar-refractivity contribution >= 4 is 11.8 Å². The Balaban J connectivity index is 2.36. The fourth-order valence-electron chi connectivity index (χ4n) is 1.45. The second-order valence-corrected chi connectivity index (χ2v) is 4.00. The number of nitrogens with one attached hydrogen (secondary N) is 2. The molecule has 0 saturated heterocycles. The summed E-state index contributed by atoms with van der Waals surface area (Å²) in [6.07, 6.45) is 0. The monoisotopic (exact) mass is 266 g/mol. The number of amides is 2. The normalized spacial score (nSPS) is 9.84. The highest BCUT2D eigenvalue weighted by Gasteiger charge is 2.07. The van der Waals surface area contributed by atoms with E-state index in [2.05, 4.69) is 10.8 Å². The average molecular weight is 266 g/mol. The van der Waals surface area contributed by atoms with Crippen LogP contribution in [0.1, 0.15) is 11.1 Å². The molecule has 0 aromatic heterocycles. The van der Waals surface area contributed by atoms with Gasteiger partial charge in [-0.3, -0.25) is 14.4 Å². The van der Waals surface area contributed by atoms with E-state index in [1.807, 2.05) is 32.0 Å². The van der Waals surface area contributed by atoms with E-state index < -0.39 is 5.91 Å². The smallest absolute Gasteiger partial charge is 0.281 e. The van der Waals surface area contributed by atoms with Crippen LogP contribution < -0.4 is 15.5 Å². The van der Waals surface area contributed by atoms with E-state index in [0.717, 1.165) is 11.1 Å². The fraction of sp³-hybridized carbons (Fsp3) is 0.385. The number of ether oxygens (including phenoxy) is 1. The second kappa shape index (κ2) is 7.38. The van der Waals surface area contributed by atoms with Crippen LogP contribution in [0.4, 0.5) is 0 Å². The zero-order valence-electron chi connectivity index (χ0n) is 11.3. The van der Waals surface area contributed by atoms with Gasteiger partial charge in [0, 0.05) is 7.05 Å². The topological polar surface area (TPSA) is 76.7 Å². The number of carbonyl (C=O) groups is 2. The molecule has 0 unspecified atom stereocenters. The fourth-order valence-corrected chi connectivity index (χ4v) is 1.45. The number of rotatable bonds is 6. The van der Waals surface area contributed by atoms with E-state index in [1.165, 1.54) is 7.05 Å². The Morgan fingerprint density at radius 1 is 1.11 bits per heavy atom. The number of aryl methyl sites for hydroxylation is 2. The number of benzene rings is 1. The molecule has 6 nitrogen and oxygen atoms in total. The summed E-state index contributed by atoms with van der Waals surface area (Å²) < 4.78 is 5.42. The van der Waals surface area contributed by atoms with Crippen molar-refractivity contribution in [3.05, 3.63) is 29.3 Å². The summed E-state index contributed by atoms with van der Waals surface area (Å²) >= 11 is 0. The summed E-state index contributed by atoms with van der Waals surface area (Å²) in [5.41, 5.74) is 4.05. The largest absolute Gasteiger partial charge is 0.483 e. The van der Waals surface area contributed by atoms with Crippen LogP contribution in [-0.4, -0.2) is 32.1 Å². The number of hydrogen-bond donors (Lipinski definition) is 2. The molecule has 1 rings (SSSR count). The maximum atomic E-state index is 11.4. The van der Waals surface area contributed by atoms with Gasteiger partial charge in [0.05, 0.1) is 0 Å². The molecule has 0 aliphatic carbocycles. The van der Waals surface area contributed by atoms with Gasteiger partial charge in [0.2, 0.25) is 5.91 Å². The average Bonchev–Trinajstić information content (AvgIpc) is 2.38. The highest BCUT2D eigenvalue weighted by atomic mass is 16.7. The molecular formula is C13H18N2O4. The number of carbonyl (C=O) groups excluding carboxylic acids is 2. The quantitative estimate of drug-likeness (QED) is 0.734. The Morgan fingerprint density at radius 3 is 2.32 bits per heavy atom. The molecule has 0 spiro atoms. The third kappa shape index (κ3) is 4.97. The van der Waals surface area contributed by atoms with E-state index in [0.29, 0.717) is 5.75 Å². The maximum absolute atomic E-state index is 11.4. The Labute approximate surface area is 112 Å². The van der Waals surface area contributed by atoms with Crippen molar-refractivity contribution in [1.29, 1.82) is 0 Å². The van der Waals surface area contributed by atoms with Gasteiger partial charge in [-0.1, -0.05) is 18.2 Å². The van der Waals surface area contributed by atoms with Gasteiger partial charge in [0.25, 0.3) is 5.91 Å². The van der Waals surface area contributed by atoms with Gasteiger partial charge >= 0.3 is 0 Å². The van der Waals surface area contributed by atoms with Crippen LogP contribution in [0.25, 0.3) is 0 Å². The van der Waals surface area contributed by atoms with Crippen molar-refractivity contribution in [3.8, 4) is 5.75 Å². The van der Waals surface area contributed by atoms with E-state index in [4.69, 9.17) is 9.57 Å². The first kappa shape index (κ1) is 15.0. The molecule has 0 aliphatic rings. The third-order valence-electron chi connectivity index (χ3n) is 2.42. The van der Waals surface area contributed by atoms with Crippen LogP contribution in [0.15, 0.2) is 18.2 Å². The van der Waals surface area contributed by atoms with Gasteiger partial charge in [-0.25, -0.2) is 5.48 Å². The summed E-state index contributed by atoms with van der Waals surface area (Å²) in [5.74, 6) is -0.0912. The molecule has 0 aliphatic heterocycles. The summed E-state index contributed by atoms with van der Waals surface area (Å²) in [7, 11) is 1.48. The van der Waals surface area contributed by atoms with Crippen molar-refractivity contribution in [2.75, 3.05) is 20.3 Å². The molecule has 0 saturated carbocycles. The summed E-state index contributed by atoms with van der Waals surface area (Å²) in [5, 5.41) is 2.36. The van der Waals surface area contributed by atoms with Crippen LogP contribution >= 0.6 is 0 Å². The van der Waals surface area contributed by atoms with E-state index in [-0.39, 0.29) is 19.1 Å². The zero-order valence-corrected chi connectivity index (χ0v) is 11.3. The minimum absolute atomic E-state index is 0.167. The second-order valence-electron chi connectivity index (χ2n) is 4.00. The highest BCUT2D eigenvalue weighted by Crippen LogP contribution is 2.21. The first-order valence-corrected chi connectivity index (χ1v) is 5.84. The minimum atomic E-state index is -0.452. The lowest BCUT2D eigenvalue weighted by atomic mass is 10.1. The summed E-state index contributed by atoms with van der Waals surface area (Å²) in [6, 6.07) is 5.73. The Morgan fingerprint density at radius 2 is 1.74 bits per heavy atom. The number of hydroxylamine groups is 1. The Bertz CT molecular complexity index is 440. The molecule has 19 heavy (non-hydrogen) atoms. The van der Waals surface area contributed by atoms with Crippen molar-refractivity contribution in [3.63, 3.8) is 0 Å². The standard InChI is InChI=1S/C13H18N2O4/c1-9-5-4-6-10(2)13(9)18-7-12(17)15-19-8-11(16)14-3/h4-6H,7-8H2,1-3H3,(H,14,16)(H,15,17). The molecule has 1 aromatic carbocycles. The molecule has 1 aromatic rings. The summed E-state index contributed by atoms with van der Waals surface area (Å²) in [6.45, 7) is 3.41. The maximum Gasteiger partial charge on any atom is 0.281 e. The van der Waals surface area contributed by atoms with E-state index >= 15 is 0 Å². The van der Waals surface area contributed by atoms with Gasteiger partial charge in [0.15, 0.2) is 13.2 Å². The van der Waals surface area contributed by atoms with Gasteiger partial charge in [-0.15, -0.1) is 0 Å². The molecule has 6 heteroatoms. The molecule has 0 heterocycles. The lowest BCUT2D eigenvalue weighted by molar-refractivity contribution is -0.140. The highest BCUT2D eigenvalue weighted by molar-refractivity contribution is 5.78. The third-order valence-corrected chi connectivity index (χ3v) is 2.42. The molecule has 2 amide bonds. The molecule has 104 valence electrons. The summed E-state index contributed by atoms with van der Waals surface area (Å²) in [4.78, 5) is 27.0. The van der Waals surface area contributed by atoms with Gasteiger partial charge in [0.1, 0.15) is 5.75 Å². The Kier molecular flexibility index (Phi) is 5.81. The number of hydrogen-bond acceptors (Lipinski definition) is 4. The SMILES string of the molecule is CNC(=O)CONC(=O)COc1c(C)cccc1C. The van der Waals surface area contributed by atoms with Gasteiger partial charge < -0.3 is 10.1 Å². The number of likely N-dealkylation sites (N-methyl/N-ethyl adjacent to an activating group) is 1. The van der Waals surface area contributed by atoms with Gasteiger partial charge in [-0.05, 0) is 25.0 Å². The lowest BCUT2D eigenvalue weighted by Gasteiger charge is -2.11. The van der Waals surface area contributed by atoms with Gasteiger partial charge in [-0.2, -0.15) is 0 Å². The van der Waals surface area contributed by atoms with Crippen molar-refractivity contribution in [2.24, 2.45) is 0 Å². The first-order chi connectivity index (χ1) is 9.04. The molecule has 2 N–H and O–H groups in total. The van der Waals surface area contributed by atoms with Crippen LogP contribution in [0.5, 0.6) is 5.75 Å². The lowest BCUT2D eigenvalue weighted by Crippen LogP contribution is -2.33. The van der Waals surface area contributed by atoms with Crippen LogP contribution in [0.2, 0.25) is 0 Å². The Hall–Kier alpha value is -2.08. The van der Waals surface area contributed by atoms with Crippen LogP contribution in [-0.2, 0) is 14.4 Å². The van der Waals surface area contributed by atoms with E-state index in [9.17, 15) is 9.59 Å². The van der Waals surface area contributed by atoms with Crippen molar-refractivity contribution in [2.45, 2.75) is 13.8 Å². The predicted octanol–water partition coefficient (Wildman–Crippen LogP) is 0.476. The molecule has 0 bridgehead atoms. The molecule has 0 radical (unpaired) electrons. The van der Waals surface area contributed by atoms with E-state index in [1.54, 1.807) is 0 Å². The van der Waals surface area contributed by atoms with Crippen molar-refractivity contribution < 1.29 is 19.2 Å². The first-order valence-electron chi connectivity index (χ1n) is 5.84. The molecule has 0 fully saturated rings. The predicted molar refractivity (Wildman–Crippen MR) is 69.6 cm³/mol. The molecule has 0 atom stereocenters. The zero-order chi connectivity index (χ0) is 14.3. The number of para-hydroxylation sites is 1.